The second kappa shape index (κ2) is 5.65. The van der Waals surface area contributed by atoms with Crippen LogP contribution in [0.25, 0.3) is 0 Å². The highest BCUT2D eigenvalue weighted by Gasteiger charge is 2.19. The number of ether oxygens (including phenoxy) is 1. The summed E-state index contributed by atoms with van der Waals surface area (Å²) in [5, 5.41) is 0. The first-order valence-electron chi connectivity index (χ1n) is 5.49. The molecule has 0 aromatic heterocycles. The number of nitrogen functional groups attached to an aromatic ring is 1. The molecule has 3 nitrogen and oxygen atoms in total. The Hall–Kier alpha value is -0.870. The number of benzene rings is 1. The van der Waals surface area contributed by atoms with Gasteiger partial charge in [-0.05, 0) is 38.5 Å². The summed E-state index contributed by atoms with van der Waals surface area (Å²) >= 11 is 3.34. The summed E-state index contributed by atoms with van der Waals surface area (Å²) in [4.78, 5) is 12.0. The lowest BCUT2D eigenvalue weighted by Gasteiger charge is -2.22. The summed E-state index contributed by atoms with van der Waals surface area (Å²) in [7, 11) is 1.65. The van der Waals surface area contributed by atoms with Crippen LogP contribution < -0.4 is 5.73 Å². The molecule has 4 heteroatoms. The molecule has 0 heterocycles. The molecule has 1 aromatic carbocycles. The van der Waals surface area contributed by atoms with Gasteiger partial charge in [0.25, 0.3) is 0 Å². The third kappa shape index (κ3) is 4.13. The summed E-state index contributed by atoms with van der Waals surface area (Å²) in [6.45, 7) is 3.93. The van der Waals surface area contributed by atoms with Crippen LogP contribution in [0.2, 0.25) is 0 Å². The van der Waals surface area contributed by atoms with Crippen molar-refractivity contribution in [2.45, 2.75) is 32.3 Å². The molecule has 2 N–H and O–H groups in total. The maximum Gasteiger partial charge on any atom is 0.165 e. The highest BCUT2D eigenvalue weighted by Crippen LogP contribution is 2.23. The van der Waals surface area contributed by atoms with E-state index in [4.69, 9.17) is 10.5 Å². The molecule has 0 aliphatic heterocycles. The van der Waals surface area contributed by atoms with Crippen molar-refractivity contribution in [3.63, 3.8) is 0 Å². The standard InChI is InChI=1S/C13H18BrNO2/c1-13(2,17-3)7-6-12(16)10-8-9(14)4-5-11(10)15/h4-5,8H,6-7,15H2,1-3H3. The zero-order valence-electron chi connectivity index (χ0n) is 10.4. The molecule has 0 amide bonds. The largest absolute Gasteiger partial charge is 0.398 e. The van der Waals surface area contributed by atoms with Crippen LogP contribution in [0.4, 0.5) is 5.69 Å². The van der Waals surface area contributed by atoms with Crippen LogP contribution in [-0.4, -0.2) is 18.5 Å². The van der Waals surface area contributed by atoms with E-state index in [2.05, 4.69) is 15.9 Å². The summed E-state index contributed by atoms with van der Waals surface area (Å²) in [6, 6.07) is 5.32. The quantitative estimate of drug-likeness (QED) is 0.669. The van der Waals surface area contributed by atoms with Crippen LogP contribution in [0.15, 0.2) is 22.7 Å². The van der Waals surface area contributed by atoms with Crippen LogP contribution >= 0.6 is 15.9 Å². The average Bonchev–Trinajstić information content (AvgIpc) is 2.29. The first-order chi connectivity index (χ1) is 7.85. The van der Waals surface area contributed by atoms with E-state index in [1.54, 1.807) is 19.2 Å². The zero-order valence-corrected chi connectivity index (χ0v) is 12.0. The highest BCUT2D eigenvalue weighted by atomic mass is 79.9. The van der Waals surface area contributed by atoms with E-state index in [-0.39, 0.29) is 11.4 Å². The lowest BCUT2D eigenvalue weighted by atomic mass is 9.97. The minimum absolute atomic E-state index is 0.0499. The van der Waals surface area contributed by atoms with Crippen LogP contribution in [0.3, 0.4) is 0 Å². The molecule has 0 spiro atoms. The molecule has 0 aliphatic rings. The van der Waals surface area contributed by atoms with E-state index in [1.165, 1.54) is 0 Å². The number of ketones is 1. The smallest absolute Gasteiger partial charge is 0.165 e. The van der Waals surface area contributed by atoms with Gasteiger partial charge in [-0.2, -0.15) is 0 Å². The van der Waals surface area contributed by atoms with E-state index in [9.17, 15) is 4.79 Å². The van der Waals surface area contributed by atoms with Gasteiger partial charge in [-0.15, -0.1) is 0 Å². The van der Waals surface area contributed by atoms with Crippen molar-refractivity contribution in [2.75, 3.05) is 12.8 Å². The first-order valence-corrected chi connectivity index (χ1v) is 6.28. The number of anilines is 1. The maximum absolute atomic E-state index is 12.0. The zero-order chi connectivity index (χ0) is 13.1. The van der Waals surface area contributed by atoms with E-state index in [1.807, 2.05) is 19.9 Å². The Morgan fingerprint density at radius 2 is 2.12 bits per heavy atom. The number of nitrogens with two attached hydrogens (primary N) is 1. The molecule has 0 saturated heterocycles. The summed E-state index contributed by atoms with van der Waals surface area (Å²) in [5.74, 6) is 0.0499. The second-order valence-electron chi connectivity index (χ2n) is 4.62. The van der Waals surface area contributed by atoms with Crippen LogP contribution in [0.5, 0.6) is 0 Å². The molecule has 0 radical (unpaired) electrons. The van der Waals surface area contributed by atoms with E-state index in [0.29, 0.717) is 24.1 Å². The number of carbonyl (C=O) groups is 1. The molecule has 0 aliphatic carbocycles. The van der Waals surface area contributed by atoms with Gasteiger partial charge >= 0.3 is 0 Å². The van der Waals surface area contributed by atoms with Gasteiger partial charge in [-0.3, -0.25) is 4.79 Å². The fourth-order valence-corrected chi connectivity index (χ4v) is 1.78. The van der Waals surface area contributed by atoms with Gasteiger partial charge in [0.15, 0.2) is 5.78 Å². The number of rotatable bonds is 5. The molecule has 0 unspecified atom stereocenters. The SMILES string of the molecule is COC(C)(C)CCC(=O)c1cc(Br)ccc1N. The maximum atomic E-state index is 12.0. The summed E-state index contributed by atoms with van der Waals surface area (Å²) in [6.07, 6.45) is 1.11. The summed E-state index contributed by atoms with van der Waals surface area (Å²) in [5.41, 5.74) is 6.60. The van der Waals surface area contributed by atoms with E-state index >= 15 is 0 Å². The number of carbonyl (C=O) groups excluding carboxylic acids is 1. The van der Waals surface area contributed by atoms with Crippen LogP contribution in [0.1, 0.15) is 37.0 Å². The van der Waals surface area contributed by atoms with Crippen molar-refractivity contribution in [3.8, 4) is 0 Å². The van der Waals surface area contributed by atoms with Gasteiger partial charge in [0.05, 0.1) is 5.60 Å². The predicted octanol–water partition coefficient (Wildman–Crippen LogP) is 3.42. The predicted molar refractivity (Wildman–Crippen MR) is 73.2 cm³/mol. The minimum Gasteiger partial charge on any atom is -0.398 e. The third-order valence-corrected chi connectivity index (χ3v) is 3.32. The number of methoxy groups -OCH3 is 1. The van der Waals surface area contributed by atoms with Gasteiger partial charge in [0.1, 0.15) is 0 Å². The van der Waals surface area contributed by atoms with Crippen molar-refractivity contribution in [1.29, 1.82) is 0 Å². The molecule has 0 atom stereocenters. The molecule has 0 fully saturated rings. The van der Waals surface area contributed by atoms with Crippen molar-refractivity contribution in [1.82, 2.24) is 0 Å². The normalized spacial score (nSPS) is 11.5. The third-order valence-electron chi connectivity index (χ3n) is 2.82. The van der Waals surface area contributed by atoms with Crippen molar-refractivity contribution in [2.24, 2.45) is 0 Å². The molecule has 94 valence electrons. The first kappa shape index (κ1) is 14.2. The topological polar surface area (TPSA) is 52.3 Å². The number of Topliss-reactive ketones (excluding diaryl/α,β-unsaturated/α-hetero) is 1. The number of hydrogen-bond donors (Lipinski definition) is 1. The Bertz CT molecular complexity index is 416. The van der Waals surface area contributed by atoms with Gasteiger partial charge in [-0.1, -0.05) is 15.9 Å². The van der Waals surface area contributed by atoms with Crippen LogP contribution in [0, 0.1) is 0 Å². The Morgan fingerprint density at radius 3 is 2.71 bits per heavy atom. The molecule has 17 heavy (non-hydrogen) atoms. The number of halogens is 1. The van der Waals surface area contributed by atoms with Gasteiger partial charge in [0.2, 0.25) is 0 Å². The lowest BCUT2D eigenvalue weighted by molar-refractivity contribution is 0.0141. The number of hydrogen-bond acceptors (Lipinski definition) is 3. The molecule has 0 bridgehead atoms. The summed E-state index contributed by atoms with van der Waals surface area (Å²) < 4.78 is 6.15. The fraction of sp³-hybridized carbons (Fsp3) is 0.462. The van der Waals surface area contributed by atoms with Crippen LogP contribution in [-0.2, 0) is 4.74 Å². The Balaban J connectivity index is 2.74. The van der Waals surface area contributed by atoms with E-state index in [0.717, 1.165) is 4.47 Å². The Kier molecular flexibility index (Phi) is 4.71. The Morgan fingerprint density at radius 1 is 1.47 bits per heavy atom. The Labute approximate surface area is 110 Å². The van der Waals surface area contributed by atoms with Gasteiger partial charge in [0, 0.05) is 29.3 Å². The molecule has 1 aromatic rings. The molecular formula is C13H18BrNO2. The molecule has 1 rings (SSSR count). The monoisotopic (exact) mass is 299 g/mol. The van der Waals surface area contributed by atoms with Crippen molar-refractivity contribution < 1.29 is 9.53 Å². The average molecular weight is 300 g/mol. The van der Waals surface area contributed by atoms with Gasteiger partial charge < -0.3 is 10.5 Å². The van der Waals surface area contributed by atoms with E-state index < -0.39 is 0 Å². The van der Waals surface area contributed by atoms with Crippen molar-refractivity contribution >= 4 is 27.4 Å². The molecule has 0 saturated carbocycles. The van der Waals surface area contributed by atoms with Crippen molar-refractivity contribution in [3.05, 3.63) is 28.2 Å². The van der Waals surface area contributed by atoms with Gasteiger partial charge in [-0.25, -0.2) is 0 Å². The second-order valence-corrected chi connectivity index (χ2v) is 5.53. The molecular weight excluding hydrogens is 282 g/mol. The fourth-order valence-electron chi connectivity index (χ4n) is 1.42. The lowest BCUT2D eigenvalue weighted by Crippen LogP contribution is -2.23. The minimum atomic E-state index is -0.281. The highest BCUT2D eigenvalue weighted by molar-refractivity contribution is 9.10.